The topological polar surface area (TPSA) is 12.5 Å². The monoisotopic (exact) mass is 347 g/mol. The Hall–Kier alpha value is -1.80. The van der Waals surface area contributed by atoms with E-state index >= 15 is 0 Å². The van der Waals surface area contributed by atoms with E-state index in [1.165, 1.54) is 73.9 Å². The van der Waals surface area contributed by atoms with E-state index in [1.807, 2.05) is 0 Å². The van der Waals surface area contributed by atoms with Crippen molar-refractivity contribution in [3.63, 3.8) is 0 Å². The molecule has 1 aliphatic carbocycles. The van der Waals surface area contributed by atoms with Gasteiger partial charge in [-0.2, -0.15) is 0 Å². The van der Waals surface area contributed by atoms with Crippen molar-refractivity contribution in [2.45, 2.75) is 63.5 Å². The van der Waals surface area contributed by atoms with Gasteiger partial charge in [0.15, 0.2) is 0 Å². The summed E-state index contributed by atoms with van der Waals surface area (Å²) in [6.07, 6.45) is 9.12. The highest BCUT2D eigenvalue weighted by atomic mass is 16.5. The Labute approximate surface area is 157 Å². The van der Waals surface area contributed by atoms with E-state index < -0.39 is 0 Å². The average Bonchev–Trinajstić information content (AvgIpc) is 3.30. The fourth-order valence-corrected chi connectivity index (χ4v) is 5.20. The molecular formula is C24H29NO. The maximum absolute atomic E-state index is 6.53. The number of nitrogens with zero attached hydrogens (tertiary/aromatic N) is 1. The maximum Gasteiger partial charge on any atom is 0.123 e. The van der Waals surface area contributed by atoms with Crippen molar-refractivity contribution in [1.29, 1.82) is 0 Å². The number of fused-ring (bicyclic) bond motifs is 1. The maximum atomic E-state index is 6.53. The Kier molecular flexibility index (Phi) is 4.04. The van der Waals surface area contributed by atoms with Crippen molar-refractivity contribution in [2.75, 3.05) is 13.1 Å². The molecule has 5 rings (SSSR count). The van der Waals surface area contributed by atoms with Gasteiger partial charge in [0.2, 0.25) is 0 Å². The minimum Gasteiger partial charge on any atom is -0.487 e. The molecule has 0 N–H and O–H groups in total. The van der Waals surface area contributed by atoms with E-state index in [9.17, 15) is 0 Å². The molecule has 1 saturated carbocycles. The molecule has 0 aromatic heterocycles. The summed E-state index contributed by atoms with van der Waals surface area (Å²) in [4.78, 5) is 2.74. The highest BCUT2D eigenvalue weighted by molar-refractivity contribution is 5.66. The van der Waals surface area contributed by atoms with Crippen LogP contribution in [0.1, 0.15) is 49.7 Å². The summed E-state index contributed by atoms with van der Waals surface area (Å²) >= 11 is 0. The molecule has 0 unspecified atom stereocenters. The molecular weight excluding hydrogens is 318 g/mol. The van der Waals surface area contributed by atoms with E-state index in [0.717, 1.165) is 18.2 Å². The van der Waals surface area contributed by atoms with Gasteiger partial charge in [-0.1, -0.05) is 48.7 Å². The summed E-state index contributed by atoms with van der Waals surface area (Å²) < 4.78 is 6.53. The van der Waals surface area contributed by atoms with Gasteiger partial charge in [0.05, 0.1) is 0 Å². The van der Waals surface area contributed by atoms with Crippen LogP contribution in [-0.4, -0.2) is 29.6 Å². The van der Waals surface area contributed by atoms with Crippen LogP contribution in [0.2, 0.25) is 0 Å². The smallest absolute Gasteiger partial charge is 0.123 e. The van der Waals surface area contributed by atoms with E-state index in [1.54, 1.807) is 0 Å². The summed E-state index contributed by atoms with van der Waals surface area (Å²) in [5.74, 6) is 1.12. The van der Waals surface area contributed by atoms with Crippen molar-refractivity contribution in [3.8, 4) is 16.9 Å². The van der Waals surface area contributed by atoms with E-state index in [0.29, 0.717) is 0 Å². The molecule has 2 heterocycles. The molecule has 2 aromatic carbocycles. The number of piperidine rings is 1. The van der Waals surface area contributed by atoms with Crippen molar-refractivity contribution in [2.24, 2.45) is 0 Å². The number of rotatable bonds is 2. The fraction of sp³-hybridized carbons (Fsp3) is 0.500. The predicted octanol–water partition coefficient (Wildman–Crippen LogP) is 5.37. The Balaban J connectivity index is 1.31. The largest absolute Gasteiger partial charge is 0.487 e. The second kappa shape index (κ2) is 6.42. The number of aryl methyl sites for hydroxylation is 1. The van der Waals surface area contributed by atoms with Crippen LogP contribution in [0.4, 0.5) is 0 Å². The summed E-state index contributed by atoms with van der Waals surface area (Å²) in [6.45, 7) is 4.56. The first-order chi connectivity index (χ1) is 12.7. The molecule has 2 aromatic rings. The number of ether oxygens (including phenoxy) is 1. The normalized spacial score (nSPS) is 22.5. The molecule has 0 bridgehead atoms. The quantitative estimate of drug-likeness (QED) is 0.724. The highest BCUT2D eigenvalue weighted by Crippen LogP contribution is 2.43. The summed E-state index contributed by atoms with van der Waals surface area (Å²) in [7, 11) is 0. The van der Waals surface area contributed by atoms with Crippen molar-refractivity contribution < 1.29 is 4.74 Å². The van der Waals surface area contributed by atoms with Crippen LogP contribution in [0, 0.1) is 6.92 Å². The number of hydrogen-bond donors (Lipinski definition) is 0. The minimum absolute atomic E-state index is 0.0589. The number of likely N-dealkylation sites (tertiary alicyclic amines) is 1. The molecule has 0 radical (unpaired) electrons. The van der Waals surface area contributed by atoms with Crippen molar-refractivity contribution >= 4 is 0 Å². The number of benzene rings is 2. The van der Waals surface area contributed by atoms with Crippen LogP contribution >= 0.6 is 0 Å². The first-order valence-corrected chi connectivity index (χ1v) is 10.3. The molecule has 2 aliphatic heterocycles. The lowest BCUT2D eigenvalue weighted by Crippen LogP contribution is -2.49. The summed E-state index contributed by atoms with van der Waals surface area (Å²) in [6, 6.07) is 16.5. The standard InChI is InChI=1S/C24H29NO/c1-18-6-8-19(9-7-18)20-10-11-23-21(16-20)17-24(26-23)12-14-25(15-13-24)22-4-2-3-5-22/h6-11,16,22H,2-5,12-15,17H2,1H3. The first kappa shape index (κ1) is 16.4. The van der Waals surface area contributed by atoms with Crippen LogP contribution in [0.25, 0.3) is 11.1 Å². The predicted molar refractivity (Wildman–Crippen MR) is 107 cm³/mol. The molecule has 2 nitrogen and oxygen atoms in total. The number of hydrogen-bond acceptors (Lipinski definition) is 2. The Morgan fingerprint density at radius 1 is 0.923 bits per heavy atom. The lowest BCUT2D eigenvalue weighted by molar-refractivity contribution is 0.00644. The van der Waals surface area contributed by atoms with Crippen molar-refractivity contribution in [3.05, 3.63) is 53.6 Å². The fourth-order valence-electron chi connectivity index (χ4n) is 5.20. The molecule has 0 amide bonds. The molecule has 0 atom stereocenters. The third kappa shape index (κ3) is 2.95. The van der Waals surface area contributed by atoms with Crippen LogP contribution < -0.4 is 4.74 Å². The molecule has 26 heavy (non-hydrogen) atoms. The van der Waals surface area contributed by atoms with Gasteiger partial charge in [-0.05, 0) is 48.6 Å². The molecule has 2 fully saturated rings. The zero-order valence-corrected chi connectivity index (χ0v) is 15.8. The first-order valence-electron chi connectivity index (χ1n) is 10.3. The minimum atomic E-state index is 0.0589. The van der Waals surface area contributed by atoms with Gasteiger partial charge in [-0.3, -0.25) is 0 Å². The Morgan fingerprint density at radius 3 is 2.35 bits per heavy atom. The lowest BCUT2D eigenvalue weighted by atomic mass is 9.86. The lowest BCUT2D eigenvalue weighted by Gasteiger charge is -2.41. The highest BCUT2D eigenvalue weighted by Gasteiger charge is 2.43. The van der Waals surface area contributed by atoms with Crippen LogP contribution in [0.5, 0.6) is 5.75 Å². The van der Waals surface area contributed by atoms with Gasteiger partial charge in [-0.15, -0.1) is 0 Å². The molecule has 3 aliphatic rings. The molecule has 1 saturated heterocycles. The van der Waals surface area contributed by atoms with Gasteiger partial charge in [0.25, 0.3) is 0 Å². The molecule has 136 valence electrons. The van der Waals surface area contributed by atoms with Gasteiger partial charge in [0.1, 0.15) is 11.4 Å². The average molecular weight is 348 g/mol. The molecule has 1 spiro atoms. The van der Waals surface area contributed by atoms with E-state index in [2.05, 4.69) is 54.3 Å². The van der Waals surface area contributed by atoms with Crippen LogP contribution in [0.15, 0.2) is 42.5 Å². The van der Waals surface area contributed by atoms with Crippen LogP contribution in [0.3, 0.4) is 0 Å². The summed E-state index contributed by atoms with van der Waals surface area (Å²) in [5, 5.41) is 0. The van der Waals surface area contributed by atoms with Gasteiger partial charge >= 0.3 is 0 Å². The summed E-state index contributed by atoms with van der Waals surface area (Å²) in [5.41, 5.74) is 5.38. The molecule has 2 heteroatoms. The zero-order valence-electron chi connectivity index (χ0n) is 15.8. The van der Waals surface area contributed by atoms with Gasteiger partial charge in [0, 0.05) is 38.4 Å². The second-order valence-electron chi connectivity index (χ2n) is 8.62. The van der Waals surface area contributed by atoms with Gasteiger partial charge < -0.3 is 9.64 Å². The van der Waals surface area contributed by atoms with E-state index in [4.69, 9.17) is 4.74 Å². The SMILES string of the molecule is Cc1ccc(-c2ccc3c(c2)CC2(CCN(C4CCCC4)CC2)O3)cc1. The van der Waals surface area contributed by atoms with Crippen molar-refractivity contribution in [1.82, 2.24) is 4.90 Å². The Bertz CT molecular complexity index is 780. The second-order valence-corrected chi connectivity index (χ2v) is 8.62. The third-order valence-electron chi connectivity index (χ3n) is 6.83. The van der Waals surface area contributed by atoms with E-state index in [-0.39, 0.29) is 5.60 Å². The Morgan fingerprint density at radius 2 is 1.62 bits per heavy atom. The zero-order chi connectivity index (χ0) is 17.6. The van der Waals surface area contributed by atoms with Crippen LogP contribution in [-0.2, 0) is 6.42 Å². The van der Waals surface area contributed by atoms with Gasteiger partial charge in [-0.25, -0.2) is 0 Å². The third-order valence-corrected chi connectivity index (χ3v) is 6.83.